The fourth-order valence-corrected chi connectivity index (χ4v) is 3.31. The van der Waals surface area contributed by atoms with Crippen LogP contribution < -0.4 is 10.5 Å². The smallest absolute Gasteiger partial charge is 0.333 e. The molecule has 0 unspecified atom stereocenters. The molecule has 0 atom stereocenters. The molecule has 0 spiro atoms. The fourth-order valence-electron chi connectivity index (χ4n) is 2.55. The Morgan fingerprint density at radius 3 is 2.61 bits per heavy atom. The second-order valence-electron chi connectivity index (χ2n) is 6.43. The van der Waals surface area contributed by atoms with Gasteiger partial charge in [-0.25, -0.2) is 4.39 Å². The number of nitrogens with zero attached hydrogens (tertiary/aromatic N) is 3. The molecule has 7 nitrogen and oxygen atoms in total. The van der Waals surface area contributed by atoms with Crippen molar-refractivity contribution in [1.29, 1.82) is 0 Å². The van der Waals surface area contributed by atoms with Crippen LogP contribution in [0.4, 0.5) is 8.28 Å². The third-order valence-corrected chi connectivity index (χ3v) is 5.01. The van der Waals surface area contributed by atoms with Gasteiger partial charge < -0.3 is 15.2 Å². The number of carbonyl (C=O) groups excluding carboxylic acids is 1. The SMILES string of the molecule is COC(=O)CCS/C(N)=N/C(=N/SF)Oc1c(-c2ccncc2)cc(F)cc1C(C)C. The van der Waals surface area contributed by atoms with E-state index >= 15 is 0 Å². The van der Waals surface area contributed by atoms with Crippen LogP contribution in [0.3, 0.4) is 0 Å². The molecule has 2 N–H and O–H groups in total. The molecule has 0 aliphatic rings. The van der Waals surface area contributed by atoms with Gasteiger partial charge in [0.15, 0.2) is 17.5 Å². The lowest BCUT2D eigenvalue weighted by atomic mass is 9.95. The summed E-state index contributed by atoms with van der Waals surface area (Å²) in [5.74, 6) is -0.344. The minimum absolute atomic E-state index is 0.0235. The van der Waals surface area contributed by atoms with Crippen molar-refractivity contribution in [2.24, 2.45) is 15.1 Å². The molecule has 2 rings (SSSR count). The summed E-state index contributed by atoms with van der Waals surface area (Å²) in [5, 5.41) is 0.0235. The average molecular weight is 469 g/mol. The average Bonchev–Trinajstić information content (AvgIpc) is 2.75. The minimum atomic E-state index is -0.442. The first-order valence-electron chi connectivity index (χ1n) is 9.16. The molecular weight excluding hydrogens is 446 g/mol. The number of hydrogen-bond acceptors (Lipinski definition) is 7. The Balaban J connectivity index is 2.40. The van der Waals surface area contributed by atoms with Crippen LogP contribution in [0.15, 0.2) is 46.0 Å². The molecule has 2 aromatic rings. The van der Waals surface area contributed by atoms with Crippen LogP contribution in [-0.4, -0.2) is 35.0 Å². The number of nitrogens with two attached hydrogens (primary N) is 1. The molecule has 0 saturated heterocycles. The third kappa shape index (κ3) is 7.51. The quantitative estimate of drug-likeness (QED) is 0.267. The number of esters is 1. The summed E-state index contributed by atoms with van der Waals surface area (Å²) in [6, 6.07) is 5.72. The van der Waals surface area contributed by atoms with Crippen molar-refractivity contribution in [2.75, 3.05) is 12.9 Å². The second-order valence-corrected chi connectivity index (χ2v) is 7.87. The van der Waals surface area contributed by atoms with E-state index in [1.807, 2.05) is 13.8 Å². The van der Waals surface area contributed by atoms with E-state index in [0.29, 0.717) is 22.4 Å². The Kier molecular flexibility index (Phi) is 9.73. The standard InChI is InChI=1S/C20H22F2N4O3S2/c1-12(2)15-10-14(21)11-16(13-4-7-24-8-5-13)18(15)29-20(26-31-22)25-19(23)30-9-6-17(27)28-3/h4-5,7-8,10-12H,6,9H2,1-3H3,(H2,23,25,26). The lowest BCUT2D eigenvalue weighted by Crippen LogP contribution is -2.16. The molecule has 0 radical (unpaired) electrons. The van der Waals surface area contributed by atoms with Crippen LogP contribution in [0.5, 0.6) is 5.75 Å². The number of amidine groups is 2. The molecule has 1 heterocycles. The van der Waals surface area contributed by atoms with Gasteiger partial charge in [0.2, 0.25) is 0 Å². The molecule has 0 bridgehead atoms. The zero-order chi connectivity index (χ0) is 22.8. The molecule has 1 aromatic heterocycles. The van der Waals surface area contributed by atoms with Crippen LogP contribution in [0.2, 0.25) is 0 Å². The number of halogens is 2. The lowest BCUT2D eigenvalue weighted by Gasteiger charge is -2.18. The first kappa shape index (κ1) is 24.6. The number of ether oxygens (including phenoxy) is 2. The van der Waals surface area contributed by atoms with E-state index in [2.05, 4.69) is 19.1 Å². The maximum absolute atomic E-state index is 14.3. The second kappa shape index (κ2) is 12.3. The number of hydrogen-bond donors (Lipinski definition) is 1. The summed E-state index contributed by atoms with van der Waals surface area (Å²) in [7, 11) is 1.29. The van der Waals surface area contributed by atoms with Gasteiger partial charge in [-0.2, -0.15) is 4.99 Å². The molecule has 0 amide bonds. The molecule has 11 heteroatoms. The highest BCUT2D eigenvalue weighted by molar-refractivity contribution is 8.13. The molecule has 166 valence electrons. The Bertz CT molecular complexity index is 957. The number of aromatic nitrogens is 1. The number of methoxy groups -OCH3 is 1. The van der Waals surface area contributed by atoms with Gasteiger partial charge in [0.1, 0.15) is 11.6 Å². The van der Waals surface area contributed by atoms with E-state index in [0.717, 1.165) is 11.8 Å². The molecule has 31 heavy (non-hydrogen) atoms. The maximum Gasteiger partial charge on any atom is 0.333 e. The number of rotatable bonds is 7. The number of thioether (sulfide) groups is 1. The summed E-state index contributed by atoms with van der Waals surface area (Å²) in [6.07, 6.45) is 3.27. The molecular formula is C20H22F2N4O3S2. The van der Waals surface area contributed by atoms with Crippen LogP contribution in [0, 0.1) is 5.82 Å². The first-order chi connectivity index (χ1) is 14.8. The fraction of sp³-hybridized carbons (Fsp3) is 0.300. The van der Waals surface area contributed by atoms with E-state index in [4.69, 9.17) is 10.5 Å². The highest BCUT2D eigenvalue weighted by Gasteiger charge is 2.19. The number of benzene rings is 1. The highest BCUT2D eigenvalue weighted by Crippen LogP contribution is 2.38. The summed E-state index contributed by atoms with van der Waals surface area (Å²) < 4.78 is 41.2. The molecule has 0 aliphatic carbocycles. The summed E-state index contributed by atoms with van der Waals surface area (Å²) in [5.41, 5.74) is 7.50. The van der Waals surface area contributed by atoms with Crippen molar-refractivity contribution < 1.29 is 22.5 Å². The normalized spacial score (nSPS) is 12.2. The van der Waals surface area contributed by atoms with Crippen LogP contribution >= 0.6 is 24.1 Å². The Hall–Kier alpha value is -2.66. The molecule has 0 fully saturated rings. The van der Waals surface area contributed by atoms with Crippen LogP contribution in [0.25, 0.3) is 11.1 Å². The molecule has 0 saturated carbocycles. The van der Waals surface area contributed by atoms with Gasteiger partial charge in [0.05, 0.1) is 13.5 Å². The van der Waals surface area contributed by atoms with Gasteiger partial charge in [-0.15, -0.1) is 8.28 Å². The van der Waals surface area contributed by atoms with Gasteiger partial charge in [-0.3, -0.25) is 9.78 Å². The van der Waals surface area contributed by atoms with Gasteiger partial charge in [-0.05, 0) is 35.7 Å². The largest absolute Gasteiger partial charge is 0.469 e. The first-order valence-corrected chi connectivity index (χ1v) is 10.8. The highest BCUT2D eigenvalue weighted by atomic mass is 32.2. The predicted molar refractivity (Wildman–Crippen MR) is 121 cm³/mol. The van der Waals surface area contributed by atoms with Gasteiger partial charge in [0, 0.05) is 29.3 Å². The monoisotopic (exact) mass is 468 g/mol. The minimum Gasteiger partial charge on any atom is -0.469 e. The van der Waals surface area contributed by atoms with Crippen molar-refractivity contribution in [3.05, 3.63) is 48.0 Å². The van der Waals surface area contributed by atoms with E-state index in [1.54, 1.807) is 24.5 Å². The summed E-state index contributed by atoms with van der Waals surface area (Å²) in [6.45, 7) is 3.75. The van der Waals surface area contributed by atoms with Crippen molar-refractivity contribution in [3.63, 3.8) is 0 Å². The van der Waals surface area contributed by atoms with Crippen molar-refractivity contribution in [3.8, 4) is 16.9 Å². The van der Waals surface area contributed by atoms with Crippen molar-refractivity contribution in [2.45, 2.75) is 26.2 Å². The zero-order valence-corrected chi connectivity index (χ0v) is 18.8. The van der Waals surface area contributed by atoms with Crippen LogP contribution in [-0.2, 0) is 9.53 Å². The van der Waals surface area contributed by atoms with E-state index in [9.17, 15) is 13.1 Å². The predicted octanol–water partition coefficient (Wildman–Crippen LogP) is 4.89. The van der Waals surface area contributed by atoms with Crippen molar-refractivity contribution >= 4 is 41.3 Å². The zero-order valence-electron chi connectivity index (χ0n) is 17.2. The molecule has 1 aromatic carbocycles. The Morgan fingerprint density at radius 2 is 2.00 bits per heavy atom. The van der Waals surface area contributed by atoms with Gasteiger partial charge in [-0.1, -0.05) is 25.6 Å². The Labute approximate surface area is 188 Å². The Morgan fingerprint density at radius 1 is 1.29 bits per heavy atom. The van der Waals surface area contributed by atoms with E-state index < -0.39 is 5.82 Å². The third-order valence-electron chi connectivity index (χ3n) is 3.99. The lowest BCUT2D eigenvalue weighted by molar-refractivity contribution is -0.140. The van der Waals surface area contributed by atoms with Crippen molar-refractivity contribution in [1.82, 2.24) is 4.98 Å². The van der Waals surface area contributed by atoms with E-state index in [-0.39, 0.29) is 47.6 Å². The maximum atomic E-state index is 14.3. The van der Waals surface area contributed by atoms with E-state index in [1.165, 1.54) is 19.2 Å². The van der Waals surface area contributed by atoms with Crippen LogP contribution in [0.1, 0.15) is 31.7 Å². The topological polar surface area (TPSA) is 99.2 Å². The summed E-state index contributed by atoms with van der Waals surface area (Å²) >= 11 is 0.720. The molecule has 0 aliphatic heterocycles. The number of aliphatic imine (C=N–C) groups is 1. The number of carbonyl (C=O) groups is 1. The number of pyridine rings is 1. The summed E-state index contributed by atoms with van der Waals surface area (Å²) in [4.78, 5) is 19.2. The van der Waals surface area contributed by atoms with Gasteiger partial charge >= 0.3 is 12.0 Å². The van der Waals surface area contributed by atoms with Gasteiger partial charge in [0.25, 0.3) is 0 Å².